The van der Waals surface area contributed by atoms with E-state index in [-0.39, 0.29) is 5.56 Å². The van der Waals surface area contributed by atoms with E-state index in [2.05, 4.69) is 0 Å². The predicted octanol–water partition coefficient (Wildman–Crippen LogP) is -0.0193. The number of rotatable bonds is 3. The van der Waals surface area contributed by atoms with E-state index < -0.39 is 42.2 Å². The molecule has 17 heavy (non-hydrogen) atoms. The molecule has 0 saturated heterocycles. The maximum absolute atomic E-state index is 11.0. The van der Waals surface area contributed by atoms with Gasteiger partial charge in [0, 0.05) is 5.56 Å². The molecule has 0 aliphatic heterocycles. The lowest BCUT2D eigenvalue weighted by Crippen LogP contribution is -2.10. The molecule has 0 unspecified atom stereocenters. The van der Waals surface area contributed by atoms with Crippen molar-refractivity contribution in [3.63, 3.8) is 0 Å². The third-order valence-corrected chi connectivity index (χ3v) is 3.87. The van der Waals surface area contributed by atoms with Crippen LogP contribution in [0.3, 0.4) is 0 Å². The summed E-state index contributed by atoms with van der Waals surface area (Å²) in [5.74, 6) is 0. The summed E-state index contributed by atoms with van der Waals surface area (Å²) in [6.45, 7) is 0.426. The molecule has 0 heterocycles. The molecule has 0 bridgehead atoms. The van der Waals surface area contributed by atoms with E-state index in [4.69, 9.17) is 14.2 Å². The van der Waals surface area contributed by atoms with Gasteiger partial charge in [-0.1, -0.05) is 0 Å². The normalized spacial score (nSPS) is 12.7. The summed E-state index contributed by atoms with van der Waals surface area (Å²) in [5, 5.41) is 8.97. The molecule has 96 valence electrons. The van der Waals surface area contributed by atoms with E-state index in [0.29, 0.717) is 0 Å². The molecule has 0 radical (unpaired) electrons. The van der Waals surface area contributed by atoms with Crippen molar-refractivity contribution >= 4 is 20.2 Å². The first-order valence-corrected chi connectivity index (χ1v) is 7.14. The van der Waals surface area contributed by atoms with Gasteiger partial charge in [-0.25, -0.2) is 0 Å². The maximum atomic E-state index is 11.0. The summed E-state index contributed by atoms with van der Waals surface area (Å²) < 4.78 is 61.8. The Morgan fingerprint density at radius 1 is 1.00 bits per heavy atom. The van der Waals surface area contributed by atoms with E-state index in [9.17, 15) is 16.8 Å². The third-order valence-electron chi connectivity index (χ3n) is 2.03. The first kappa shape index (κ1) is 14.1. The van der Waals surface area contributed by atoms with E-state index in [1.807, 2.05) is 0 Å². The lowest BCUT2D eigenvalue weighted by molar-refractivity contribution is 0.273. The molecule has 7 nitrogen and oxygen atoms in total. The van der Waals surface area contributed by atoms with Crippen molar-refractivity contribution in [1.82, 2.24) is 0 Å². The van der Waals surface area contributed by atoms with Crippen LogP contribution in [0.25, 0.3) is 0 Å². The summed E-state index contributed by atoms with van der Waals surface area (Å²) >= 11 is 0. The molecule has 3 N–H and O–H groups in total. The quantitative estimate of drug-likeness (QED) is 0.664. The second kappa shape index (κ2) is 4.35. The molecular weight excluding hydrogens is 272 g/mol. The van der Waals surface area contributed by atoms with Crippen LogP contribution in [0.4, 0.5) is 0 Å². The molecule has 0 spiro atoms. The highest BCUT2D eigenvalue weighted by atomic mass is 32.2. The molecule has 1 aromatic carbocycles. The van der Waals surface area contributed by atoms with Crippen LogP contribution in [0.5, 0.6) is 0 Å². The van der Waals surface area contributed by atoms with Gasteiger partial charge < -0.3 is 5.11 Å². The fraction of sp³-hybridized carbons (Fsp3) is 0.250. The van der Waals surface area contributed by atoms with Gasteiger partial charge in [0.15, 0.2) is 0 Å². The number of hydrogen-bond acceptors (Lipinski definition) is 5. The minimum absolute atomic E-state index is 0.197. The number of aryl methyl sites for hydroxylation is 1. The van der Waals surface area contributed by atoms with Crippen molar-refractivity contribution in [2.45, 2.75) is 23.3 Å². The summed E-state index contributed by atoms with van der Waals surface area (Å²) in [4.78, 5) is -1.49. The number of aliphatic hydroxyl groups excluding tert-OH is 1. The predicted molar refractivity (Wildman–Crippen MR) is 56.7 cm³/mol. The average Bonchev–Trinajstić information content (AvgIpc) is 2.13. The van der Waals surface area contributed by atoms with E-state index in [0.717, 1.165) is 12.1 Å². The van der Waals surface area contributed by atoms with Crippen LogP contribution in [0.1, 0.15) is 11.1 Å². The highest BCUT2D eigenvalue weighted by molar-refractivity contribution is 7.86. The monoisotopic (exact) mass is 282 g/mol. The maximum Gasteiger partial charge on any atom is 0.294 e. The van der Waals surface area contributed by atoms with E-state index in [1.165, 1.54) is 6.92 Å². The lowest BCUT2D eigenvalue weighted by atomic mass is 10.1. The summed E-state index contributed by atoms with van der Waals surface area (Å²) in [6, 6.07) is 1.99. The fourth-order valence-electron chi connectivity index (χ4n) is 1.37. The van der Waals surface area contributed by atoms with Gasteiger partial charge in [-0.3, -0.25) is 9.11 Å². The fourth-order valence-corrected chi connectivity index (χ4v) is 3.07. The van der Waals surface area contributed by atoms with Gasteiger partial charge in [-0.2, -0.15) is 16.8 Å². The number of benzene rings is 1. The minimum Gasteiger partial charge on any atom is -0.392 e. The smallest absolute Gasteiger partial charge is 0.294 e. The highest BCUT2D eigenvalue weighted by Gasteiger charge is 2.24. The van der Waals surface area contributed by atoms with Gasteiger partial charge in [0.05, 0.1) is 6.61 Å². The van der Waals surface area contributed by atoms with E-state index >= 15 is 0 Å². The largest absolute Gasteiger partial charge is 0.392 e. The van der Waals surface area contributed by atoms with Crippen molar-refractivity contribution in [2.24, 2.45) is 0 Å². The Kier molecular flexibility index (Phi) is 3.60. The van der Waals surface area contributed by atoms with E-state index in [1.54, 1.807) is 0 Å². The highest BCUT2D eigenvalue weighted by Crippen LogP contribution is 2.25. The van der Waals surface area contributed by atoms with Crippen LogP contribution in [-0.2, 0) is 26.8 Å². The second-order valence-electron chi connectivity index (χ2n) is 3.35. The SMILES string of the molecule is Cc1cc(S(=O)(=O)O)c(CO)c(S(=O)(=O)O)c1. The molecular formula is C8H10O7S2. The first-order valence-electron chi connectivity index (χ1n) is 4.26. The lowest BCUT2D eigenvalue weighted by Gasteiger charge is -2.10. The standard InChI is InChI=1S/C8H10O7S2/c1-5-2-7(16(10,11)12)6(4-9)8(3-5)17(13,14)15/h2-3,9H,4H2,1H3,(H,10,11,12)(H,13,14,15). The van der Waals surface area contributed by atoms with Crippen LogP contribution < -0.4 is 0 Å². The Bertz CT molecular complexity index is 589. The topological polar surface area (TPSA) is 129 Å². The van der Waals surface area contributed by atoms with Gasteiger partial charge >= 0.3 is 0 Å². The molecule has 1 rings (SSSR count). The molecule has 0 aliphatic rings. The molecule has 0 atom stereocenters. The average molecular weight is 282 g/mol. The second-order valence-corrected chi connectivity index (χ2v) is 6.13. The van der Waals surface area contributed by atoms with Gasteiger partial charge in [0.25, 0.3) is 20.2 Å². The Hall–Kier alpha value is -1.00. The molecule has 0 aliphatic carbocycles. The molecule has 9 heteroatoms. The molecule has 0 amide bonds. The Balaban J connectivity index is 3.83. The van der Waals surface area contributed by atoms with Crippen LogP contribution in [-0.4, -0.2) is 31.0 Å². The van der Waals surface area contributed by atoms with Gasteiger partial charge in [-0.15, -0.1) is 0 Å². The van der Waals surface area contributed by atoms with Gasteiger partial charge in [0.1, 0.15) is 9.79 Å². The van der Waals surface area contributed by atoms with Crippen LogP contribution in [0, 0.1) is 6.92 Å². The number of hydrogen-bond donors (Lipinski definition) is 3. The minimum atomic E-state index is -4.69. The van der Waals surface area contributed by atoms with Crippen LogP contribution in [0.15, 0.2) is 21.9 Å². The van der Waals surface area contributed by atoms with Crippen molar-refractivity contribution < 1.29 is 31.0 Å². The first-order chi connectivity index (χ1) is 7.57. The zero-order chi connectivity index (χ0) is 13.4. The van der Waals surface area contributed by atoms with Crippen LogP contribution >= 0.6 is 0 Å². The summed E-state index contributed by atoms with van der Waals surface area (Å²) in [7, 11) is -9.37. The van der Waals surface area contributed by atoms with Crippen molar-refractivity contribution in [1.29, 1.82) is 0 Å². The summed E-state index contributed by atoms with van der Waals surface area (Å²) in [6.07, 6.45) is 0. The Morgan fingerprint density at radius 2 is 1.35 bits per heavy atom. The third kappa shape index (κ3) is 3.01. The van der Waals surface area contributed by atoms with Crippen molar-refractivity contribution in [2.75, 3.05) is 0 Å². The van der Waals surface area contributed by atoms with Gasteiger partial charge in [-0.05, 0) is 24.6 Å². The molecule has 0 fully saturated rings. The van der Waals surface area contributed by atoms with Crippen molar-refractivity contribution in [3.8, 4) is 0 Å². The zero-order valence-electron chi connectivity index (χ0n) is 8.65. The Labute approximate surface area is 98.2 Å². The Morgan fingerprint density at radius 3 is 1.59 bits per heavy atom. The van der Waals surface area contributed by atoms with Gasteiger partial charge in [0.2, 0.25) is 0 Å². The summed E-state index contributed by atoms with van der Waals surface area (Å²) in [5.41, 5.74) is -0.372. The molecule has 0 aromatic heterocycles. The molecule has 0 saturated carbocycles. The van der Waals surface area contributed by atoms with Crippen LogP contribution in [0.2, 0.25) is 0 Å². The number of aliphatic hydroxyl groups is 1. The van der Waals surface area contributed by atoms with Crippen molar-refractivity contribution in [3.05, 3.63) is 23.3 Å². The molecule has 1 aromatic rings. The zero-order valence-corrected chi connectivity index (χ0v) is 10.3.